The average molecular weight is 301 g/mol. The molecule has 1 N–H and O–H groups in total. The number of aryl methyl sites for hydroxylation is 1. The molecule has 2 unspecified atom stereocenters. The van der Waals surface area contributed by atoms with Gasteiger partial charge >= 0.3 is 0 Å². The molecule has 0 saturated carbocycles. The maximum atomic E-state index is 9.57. The van der Waals surface area contributed by atoms with Crippen molar-refractivity contribution >= 4 is 6.21 Å². The van der Waals surface area contributed by atoms with Gasteiger partial charge in [0.15, 0.2) is 0 Å². The van der Waals surface area contributed by atoms with Crippen LogP contribution in [0.2, 0.25) is 0 Å². The van der Waals surface area contributed by atoms with E-state index in [1.54, 1.807) is 13.3 Å². The standard InChI is InChI=1S/C19H27NO2/c1-7-19(5,20-14-16(3)22-6)18(4,12-13-21)17-10-8-15(2)9-11-17/h7-11,14,21H,1,3,12-13H2,2,4-6H3. The minimum absolute atomic E-state index is 0.0779. The van der Waals surface area contributed by atoms with E-state index < -0.39 is 5.54 Å². The lowest BCUT2D eigenvalue weighted by Gasteiger charge is -2.42. The van der Waals surface area contributed by atoms with Crippen LogP contribution in [0.15, 0.2) is 54.3 Å². The van der Waals surface area contributed by atoms with E-state index in [-0.39, 0.29) is 12.0 Å². The molecule has 0 radical (unpaired) electrons. The van der Waals surface area contributed by atoms with Crippen LogP contribution in [-0.4, -0.2) is 30.6 Å². The smallest absolute Gasteiger partial charge is 0.129 e. The van der Waals surface area contributed by atoms with Gasteiger partial charge in [0.05, 0.1) is 18.9 Å². The number of aliphatic hydroxyl groups is 1. The number of ether oxygens (including phenoxy) is 1. The van der Waals surface area contributed by atoms with Crippen LogP contribution >= 0.6 is 0 Å². The first kappa shape index (κ1) is 18.2. The molecule has 1 aromatic rings. The zero-order chi connectivity index (χ0) is 16.8. The summed E-state index contributed by atoms with van der Waals surface area (Å²) in [6.45, 7) is 14.0. The second-order valence-corrected chi connectivity index (χ2v) is 5.95. The Labute approximate surface area is 134 Å². The second kappa shape index (κ2) is 7.41. The van der Waals surface area contributed by atoms with Crippen molar-refractivity contribution in [2.75, 3.05) is 13.7 Å². The molecule has 1 aromatic carbocycles. The number of allylic oxidation sites excluding steroid dienone is 1. The molecule has 0 amide bonds. The summed E-state index contributed by atoms with van der Waals surface area (Å²) in [6, 6.07) is 8.33. The molecule has 0 spiro atoms. The number of benzene rings is 1. The van der Waals surface area contributed by atoms with E-state index in [4.69, 9.17) is 4.74 Å². The fourth-order valence-corrected chi connectivity index (χ4v) is 2.51. The van der Waals surface area contributed by atoms with Gasteiger partial charge in [-0.3, -0.25) is 4.99 Å². The minimum Gasteiger partial charge on any atom is -0.496 e. The van der Waals surface area contributed by atoms with E-state index in [1.807, 2.05) is 13.0 Å². The zero-order valence-electron chi connectivity index (χ0n) is 14.1. The van der Waals surface area contributed by atoms with Crippen LogP contribution in [0.1, 0.15) is 31.4 Å². The summed E-state index contributed by atoms with van der Waals surface area (Å²) in [5, 5.41) is 9.57. The Kier molecular flexibility index (Phi) is 6.12. The van der Waals surface area contributed by atoms with Crippen LogP contribution in [0.4, 0.5) is 0 Å². The van der Waals surface area contributed by atoms with Crippen molar-refractivity contribution in [2.24, 2.45) is 4.99 Å². The van der Waals surface area contributed by atoms with Gasteiger partial charge in [-0.1, -0.05) is 49.4 Å². The van der Waals surface area contributed by atoms with E-state index in [1.165, 1.54) is 5.56 Å². The SMILES string of the molecule is C=CC(C)(N=CC(=C)OC)C(C)(CCO)c1ccc(C)cc1. The Morgan fingerprint density at radius 3 is 2.36 bits per heavy atom. The van der Waals surface area contributed by atoms with Gasteiger partial charge in [0.25, 0.3) is 0 Å². The Bertz CT molecular complexity index is 547. The monoisotopic (exact) mass is 301 g/mol. The molecule has 2 atom stereocenters. The van der Waals surface area contributed by atoms with E-state index in [2.05, 4.69) is 56.3 Å². The lowest BCUT2D eigenvalue weighted by molar-refractivity contribution is 0.205. The van der Waals surface area contributed by atoms with E-state index in [9.17, 15) is 5.11 Å². The molecule has 0 fully saturated rings. The highest BCUT2D eigenvalue weighted by atomic mass is 16.5. The number of hydrogen-bond donors (Lipinski definition) is 1. The van der Waals surface area contributed by atoms with Crippen molar-refractivity contribution in [3.05, 3.63) is 60.4 Å². The molecular weight excluding hydrogens is 274 g/mol. The van der Waals surface area contributed by atoms with Gasteiger partial charge in [0.2, 0.25) is 0 Å². The average Bonchev–Trinajstić information content (AvgIpc) is 2.52. The van der Waals surface area contributed by atoms with E-state index >= 15 is 0 Å². The summed E-state index contributed by atoms with van der Waals surface area (Å²) < 4.78 is 5.06. The van der Waals surface area contributed by atoms with Crippen LogP contribution in [0.25, 0.3) is 0 Å². The number of methoxy groups -OCH3 is 1. The van der Waals surface area contributed by atoms with Crippen LogP contribution in [0, 0.1) is 6.92 Å². The first-order valence-electron chi connectivity index (χ1n) is 7.42. The highest BCUT2D eigenvalue weighted by Crippen LogP contribution is 2.41. The normalized spacial score (nSPS) is 16.8. The third-order valence-corrected chi connectivity index (χ3v) is 4.55. The molecular formula is C19H27NO2. The Morgan fingerprint density at radius 2 is 1.91 bits per heavy atom. The summed E-state index contributed by atoms with van der Waals surface area (Å²) >= 11 is 0. The maximum Gasteiger partial charge on any atom is 0.129 e. The predicted octanol–water partition coefficient (Wildman–Crippen LogP) is 3.81. The van der Waals surface area contributed by atoms with Crippen molar-refractivity contribution in [3.8, 4) is 0 Å². The number of aliphatic hydroxyl groups excluding tert-OH is 1. The molecule has 0 heterocycles. The lowest BCUT2D eigenvalue weighted by atomic mass is 9.65. The first-order chi connectivity index (χ1) is 10.3. The van der Waals surface area contributed by atoms with Crippen LogP contribution in [0.5, 0.6) is 0 Å². The van der Waals surface area contributed by atoms with Crippen molar-refractivity contribution < 1.29 is 9.84 Å². The van der Waals surface area contributed by atoms with Gasteiger partial charge in [-0.15, -0.1) is 6.58 Å². The molecule has 1 rings (SSSR count). The number of rotatable bonds is 8. The number of aliphatic imine (C=N–C) groups is 1. The summed E-state index contributed by atoms with van der Waals surface area (Å²) in [6.07, 6.45) is 4.02. The summed E-state index contributed by atoms with van der Waals surface area (Å²) in [5.41, 5.74) is 1.34. The van der Waals surface area contributed by atoms with Crippen molar-refractivity contribution in [2.45, 2.75) is 38.1 Å². The molecule has 0 bridgehead atoms. The van der Waals surface area contributed by atoms with E-state index in [0.29, 0.717) is 12.2 Å². The number of nitrogens with zero attached hydrogens (tertiary/aromatic N) is 1. The first-order valence-corrected chi connectivity index (χ1v) is 7.42. The van der Waals surface area contributed by atoms with Crippen molar-refractivity contribution in [1.29, 1.82) is 0 Å². The fourth-order valence-electron chi connectivity index (χ4n) is 2.51. The molecule has 3 heteroatoms. The molecule has 0 aliphatic heterocycles. The van der Waals surface area contributed by atoms with Crippen molar-refractivity contribution in [3.63, 3.8) is 0 Å². The third kappa shape index (κ3) is 3.66. The topological polar surface area (TPSA) is 41.8 Å². The maximum absolute atomic E-state index is 9.57. The van der Waals surface area contributed by atoms with Crippen LogP contribution < -0.4 is 0 Å². The molecule has 0 aliphatic rings. The second-order valence-electron chi connectivity index (χ2n) is 5.95. The van der Waals surface area contributed by atoms with E-state index in [0.717, 1.165) is 5.56 Å². The van der Waals surface area contributed by atoms with Gasteiger partial charge in [0.1, 0.15) is 5.76 Å². The molecule has 0 aliphatic carbocycles. The van der Waals surface area contributed by atoms with Gasteiger partial charge < -0.3 is 9.84 Å². The number of hydrogen-bond acceptors (Lipinski definition) is 3. The van der Waals surface area contributed by atoms with Crippen molar-refractivity contribution in [1.82, 2.24) is 0 Å². The van der Waals surface area contributed by atoms with Gasteiger partial charge in [0, 0.05) is 12.0 Å². The van der Waals surface area contributed by atoms with Gasteiger partial charge in [-0.05, 0) is 25.8 Å². The van der Waals surface area contributed by atoms with Crippen LogP contribution in [0.3, 0.4) is 0 Å². The Hall–Kier alpha value is -1.87. The highest BCUT2D eigenvalue weighted by Gasteiger charge is 2.43. The fraction of sp³-hybridized carbons (Fsp3) is 0.421. The third-order valence-electron chi connectivity index (χ3n) is 4.55. The molecule has 0 aromatic heterocycles. The molecule has 0 saturated heterocycles. The largest absolute Gasteiger partial charge is 0.496 e. The zero-order valence-corrected chi connectivity index (χ0v) is 14.1. The lowest BCUT2D eigenvalue weighted by Crippen LogP contribution is -2.45. The minimum atomic E-state index is -0.591. The molecule has 3 nitrogen and oxygen atoms in total. The highest BCUT2D eigenvalue weighted by molar-refractivity contribution is 5.75. The summed E-state index contributed by atoms with van der Waals surface area (Å²) in [4.78, 5) is 4.66. The summed E-state index contributed by atoms with van der Waals surface area (Å²) in [7, 11) is 1.56. The van der Waals surface area contributed by atoms with Gasteiger partial charge in [-0.2, -0.15) is 0 Å². The Morgan fingerprint density at radius 1 is 1.32 bits per heavy atom. The molecule has 22 heavy (non-hydrogen) atoms. The molecule has 120 valence electrons. The predicted molar refractivity (Wildman–Crippen MR) is 93.5 cm³/mol. The summed E-state index contributed by atoms with van der Waals surface area (Å²) in [5.74, 6) is 0.489. The van der Waals surface area contributed by atoms with Crippen LogP contribution in [-0.2, 0) is 10.2 Å². The van der Waals surface area contributed by atoms with Gasteiger partial charge in [-0.25, -0.2) is 0 Å². The quantitative estimate of drug-likeness (QED) is 0.451. The Balaban J connectivity index is 3.35.